The van der Waals surface area contributed by atoms with Crippen molar-refractivity contribution in [3.05, 3.63) is 48.0 Å². The Hall–Kier alpha value is -3.65. The van der Waals surface area contributed by atoms with Crippen LogP contribution in [0.5, 0.6) is 5.88 Å². The Morgan fingerprint density at radius 2 is 1.81 bits per heavy atom. The van der Waals surface area contributed by atoms with E-state index in [0.717, 1.165) is 39.9 Å². The quantitative estimate of drug-likeness (QED) is 0.384. The number of rotatable bonds is 5. The smallest absolute Gasteiger partial charge is 0.261 e. The lowest BCUT2D eigenvalue weighted by atomic mass is 10.1. The number of fused-ring (bicyclic) bond motifs is 2. The van der Waals surface area contributed by atoms with Crippen LogP contribution < -0.4 is 4.74 Å². The number of nitrogens with one attached hydrogen (secondary N) is 3. The minimum absolute atomic E-state index is 0.472. The summed E-state index contributed by atoms with van der Waals surface area (Å²) in [4.78, 5) is 6.09. The summed E-state index contributed by atoms with van der Waals surface area (Å²) in [5.41, 5.74) is 6.94. The zero-order valence-corrected chi connectivity index (χ0v) is 18.0. The molecule has 3 N–H and O–H groups in total. The van der Waals surface area contributed by atoms with Crippen molar-refractivity contribution in [3.63, 3.8) is 0 Å². The molecule has 0 saturated carbocycles. The maximum atomic E-state index is 5.28. The zero-order chi connectivity index (χ0) is 21.5. The van der Waals surface area contributed by atoms with Crippen LogP contribution in [0.4, 0.5) is 0 Å². The lowest BCUT2D eigenvalue weighted by molar-refractivity contribution is 0.221. The molecule has 0 radical (unpaired) electrons. The molecule has 8 nitrogen and oxygen atoms in total. The standard InChI is InChI=1S/C24H25N7O/c1-32-24-22(28-30-29-24)16-6-7-18-20(12-16)26-27-23(18)21-13-17-11-15(5-8-19(17)25-21)14-31-9-3-2-4-10-31/h5-8,11-13,25H,2-4,9-10,14H2,1H3,(H,26,27)(H,28,29,30). The fourth-order valence-electron chi connectivity index (χ4n) is 4.71. The number of H-pyrrole nitrogens is 3. The number of aromatic nitrogens is 6. The number of likely N-dealkylation sites (tertiary alicyclic amines) is 1. The van der Waals surface area contributed by atoms with E-state index >= 15 is 0 Å². The Labute approximate surface area is 185 Å². The normalized spacial score (nSPS) is 15.0. The molecule has 0 aliphatic carbocycles. The SMILES string of the molecule is COc1n[nH]nc1-c1ccc2c(-c3cc4cc(CN5CCCCC5)ccc4[nH]3)n[nH]c2c1. The topological polar surface area (TPSA) is 98.5 Å². The third kappa shape index (κ3) is 3.33. The van der Waals surface area contributed by atoms with Gasteiger partial charge in [0.05, 0.1) is 18.3 Å². The van der Waals surface area contributed by atoms with E-state index < -0.39 is 0 Å². The Balaban J connectivity index is 1.32. The lowest BCUT2D eigenvalue weighted by Crippen LogP contribution is -2.28. The number of hydrogen-bond donors (Lipinski definition) is 3. The second-order valence-electron chi connectivity index (χ2n) is 8.46. The van der Waals surface area contributed by atoms with E-state index in [2.05, 4.69) is 65.8 Å². The molecule has 3 aromatic heterocycles. The maximum absolute atomic E-state index is 5.28. The third-order valence-corrected chi connectivity index (χ3v) is 6.34. The molecule has 5 aromatic rings. The molecule has 0 amide bonds. The Morgan fingerprint density at radius 1 is 0.906 bits per heavy atom. The van der Waals surface area contributed by atoms with Crippen LogP contribution in [0, 0.1) is 0 Å². The first-order valence-electron chi connectivity index (χ1n) is 11.1. The van der Waals surface area contributed by atoms with Crippen LogP contribution in [-0.4, -0.2) is 55.7 Å². The van der Waals surface area contributed by atoms with Gasteiger partial charge in [-0.25, -0.2) is 0 Å². The summed E-state index contributed by atoms with van der Waals surface area (Å²) in [5.74, 6) is 0.472. The van der Waals surface area contributed by atoms with Crippen LogP contribution in [0.1, 0.15) is 24.8 Å². The van der Waals surface area contributed by atoms with Crippen LogP contribution in [0.25, 0.3) is 44.5 Å². The summed E-state index contributed by atoms with van der Waals surface area (Å²) in [7, 11) is 1.59. The number of benzene rings is 2. The van der Waals surface area contributed by atoms with Gasteiger partial charge in [0, 0.05) is 28.4 Å². The second-order valence-corrected chi connectivity index (χ2v) is 8.46. The van der Waals surface area contributed by atoms with Crippen LogP contribution in [-0.2, 0) is 6.54 Å². The second kappa shape index (κ2) is 7.80. The number of piperidine rings is 1. The van der Waals surface area contributed by atoms with Gasteiger partial charge in [-0.05, 0) is 61.8 Å². The third-order valence-electron chi connectivity index (χ3n) is 6.34. The summed E-state index contributed by atoms with van der Waals surface area (Å²) in [5, 5.41) is 20.9. The number of ether oxygens (including phenoxy) is 1. The first-order chi connectivity index (χ1) is 15.8. The lowest BCUT2D eigenvalue weighted by Gasteiger charge is -2.26. The van der Waals surface area contributed by atoms with Gasteiger partial charge in [-0.15, -0.1) is 5.10 Å². The first kappa shape index (κ1) is 19.1. The molecule has 0 unspecified atom stereocenters. The minimum atomic E-state index is 0.472. The van der Waals surface area contributed by atoms with E-state index in [1.807, 2.05) is 12.1 Å². The first-order valence-corrected chi connectivity index (χ1v) is 11.1. The van der Waals surface area contributed by atoms with Crippen molar-refractivity contribution in [1.29, 1.82) is 0 Å². The van der Waals surface area contributed by atoms with Gasteiger partial charge in [0.1, 0.15) is 5.69 Å². The van der Waals surface area contributed by atoms with E-state index in [1.165, 1.54) is 43.3 Å². The molecule has 0 spiro atoms. The highest BCUT2D eigenvalue weighted by atomic mass is 16.5. The maximum Gasteiger partial charge on any atom is 0.261 e. The molecule has 6 rings (SSSR count). The molecule has 1 aliphatic heterocycles. The molecule has 2 aromatic carbocycles. The van der Waals surface area contributed by atoms with E-state index in [0.29, 0.717) is 11.6 Å². The van der Waals surface area contributed by atoms with Crippen molar-refractivity contribution in [2.75, 3.05) is 20.2 Å². The fourth-order valence-corrected chi connectivity index (χ4v) is 4.71. The summed E-state index contributed by atoms with van der Waals surface area (Å²) in [6, 6.07) is 15.0. The van der Waals surface area contributed by atoms with Crippen molar-refractivity contribution < 1.29 is 4.74 Å². The number of methoxy groups -OCH3 is 1. The van der Waals surface area contributed by atoms with Gasteiger partial charge in [-0.2, -0.15) is 15.4 Å². The van der Waals surface area contributed by atoms with Gasteiger partial charge in [-0.1, -0.05) is 18.6 Å². The average molecular weight is 428 g/mol. The predicted octanol–water partition coefficient (Wildman–Crippen LogP) is 4.49. The summed E-state index contributed by atoms with van der Waals surface area (Å²) >= 11 is 0. The molecule has 4 heterocycles. The molecule has 1 fully saturated rings. The Morgan fingerprint density at radius 3 is 2.69 bits per heavy atom. The minimum Gasteiger partial charge on any atom is -0.478 e. The van der Waals surface area contributed by atoms with Gasteiger partial charge in [0.2, 0.25) is 0 Å². The van der Waals surface area contributed by atoms with Gasteiger partial charge in [-0.3, -0.25) is 10.00 Å². The summed E-state index contributed by atoms with van der Waals surface area (Å²) in [6.45, 7) is 3.44. The Bertz CT molecular complexity index is 1390. The summed E-state index contributed by atoms with van der Waals surface area (Å²) < 4.78 is 5.28. The predicted molar refractivity (Wildman–Crippen MR) is 124 cm³/mol. The molecule has 1 saturated heterocycles. The van der Waals surface area contributed by atoms with Crippen LogP contribution in [0.3, 0.4) is 0 Å². The van der Waals surface area contributed by atoms with Gasteiger partial charge in [0.15, 0.2) is 5.69 Å². The van der Waals surface area contributed by atoms with E-state index in [9.17, 15) is 0 Å². The van der Waals surface area contributed by atoms with Gasteiger partial charge in [0.25, 0.3) is 5.88 Å². The highest BCUT2D eigenvalue weighted by Gasteiger charge is 2.16. The molecule has 32 heavy (non-hydrogen) atoms. The molecule has 1 aliphatic rings. The zero-order valence-electron chi connectivity index (χ0n) is 18.0. The fraction of sp³-hybridized carbons (Fsp3) is 0.292. The number of hydrogen-bond acceptors (Lipinski definition) is 5. The van der Waals surface area contributed by atoms with Crippen LogP contribution in [0.15, 0.2) is 42.5 Å². The van der Waals surface area contributed by atoms with E-state index in [4.69, 9.17) is 4.74 Å². The van der Waals surface area contributed by atoms with Crippen molar-refractivity contribution in [3.8, 4) is 28.5 Å². The molecular formula is C24H25N7O. The summed E-state index contributed by atoms with van der Waals surface area (Å²) in [6.07, 6.45) is 3.99. The molecule has 0 bridgehead atoms. The highest BCUT2D eigenvalue weighted by Crippen LogP contribution is 2.33. The van der Waals surface area contributed by atoms with Crippen molar-refractivity contribution in [1.82, 2.24) is 35.5 Å². The molecule has 0 atom stereocenters. The highest BCUT2D eigenvalue weighted by molar-refractivity contribution is 5.97. The monoisotopic (exact) mass is 427 g/mol. The van der Waals surface area contributed by atoms with Crippen LogP contribution >= 0.6 is 0 Å². The Kier molecular flexibility index (Phi) is 4.65. The number of nitrogens with zero attached hydrogens (tertiary/aromatic N) is 4. The van der Waals surface area contributed by atoms with E-state index in [1.54, 1.807) is 7.11 Å². The molecular weight excluding hydrogens is 402 g/mol. The van der Waals surface area contributed by atoms with Gasteiger partial charge >= 0.3 is 0 Å². The molecule has 8 heteroatoms. The number of aromatic amines is 3. The largest absolute Gasteiger partial charge is 0.478 e. The van der Waals surface area contributed by atoms with Crippen LogP contribution in [0.2, 0.25) is 0 Å². The van der Waals surface area contributed by atoms with Crippen molar-refractivity contribution in [2.45, 2.75) is 25.8 Å². The van der Waals surface area contributed by atoms with E-state index in [-0.39, 0.29) is 0 Å². The van der Waals surface area contributed by atoms with Gasteiger partial charge < -0.3 is 9.72 Å². The molecule has 162 valence electrons. The van der Waals surface area contributed by atoms with Crippen molar-refractivity contribution in [2.24, 2.45) is 0 Å². The average Bonchev–Trinajstić information content (AvgIpc) is 3.56. The van der Waals surface area contributed by atoms with Crippen molar-refractivity contribution >= 4 is 21.8 Å².